The smallest absolute Gasteiger partial charge is 0.409 e. The van der Waals surface area contributed by atoms with E-state index in [0.717, 1.165) is 0 Å². The molecular formula is C17H23ClFN3O3. The van der Waals surface area contributed by atoms with Gasteiger partial charge >= 0.3 is 6.09 Å². The molecule has 25 heavy (non-hydrogen) atoms. The lowest BCUT2D eigenvalue weighted by atomic mass is 10.1. The van der Waals surface area contributed by atoms with Crippen molar-refractivity contribution < 1.29 is 18.7 Å². The van der Waals surface area contributed by atoms with Crippen molar-refractivity contribution >= 4 is 29.3 Å². The molecule has 1 fully saturated rings. The Kier molecular flexibility index (Phi) is 7.31. The standard InChI is InChI=1S/C17H23ClFN3O3/c1-2-25-17(24)22-9-6-12(7-10-22)21-16(23)5-8-20-13-3-4-15(19)14(18)11-13/h3-4,11-12,20H,2,5-10H2,1H3,(H,21,23). The minimum absolute atomic E-state index is 0.0443. The number of hydrogen-bond donors (Lipinski definition) is 2. The first-order valence-electron chi connectivity index (χ1n) is 8.39. The number of hydrogen-bond acceptors (Lipinski definition) is 4. The van der Waals surface area contributed by atoms with Gasteiger partial charge in [0.05, 0.1) is 11.6 Å². The molecule has 0 bridgehead atoms. The van der Waals surface area contributed by atoms with E-state index in [1.54, 1.807) is 17.9 Å². The Hall–Kier alpha value is -2.02. The van der Waals surface area contributed by atoms with E-state index in [9.17, 15) is 14.0 Å². The highest BCUT2D eigenvalue weighted by Gasteiger charge is 2.24. The van der Waals surface area contributed by atoms with Gasteiger partial charge in [0.25, 0.3) is 0 Å². The third-order valence-corrected chi connectivity index (χ3v) is 4.28. The number of amides is 2. The molecule has 0 atom stereocenters. The number of piperidine rings is 1. The highest BCUT2D eigenvalue weighted by atomic mass is 35.5. The largest absolute Gasteiger partial charge is 0.450 e. The molecule has 2 N–H and O–H groups in total. The summed E-state index contributed by atoms with van der Waals surface area (Å²) in [5.74, 6) is -0.533. The molecule has 6 nitrogen and oxygen atoms in total. The second-order valence-corrected chi connectivity index (χ2v) is 6.24. The van der Waals surface area contributed by atoms with Gasteiger partial charge in [0.2, 0.25) is 5.91 Å². The molecule has 2 rings (SSSR count). The summed E-state index contributed by atoms with van der Waals surface area (Å²) in [6.07, 6.45) is 1.43. The summed E-state index contributed by atoms with van der Waals surface area (Å²) in [5.41, 5.74) is 0.668. The highest BCUT2D eigenvalue weighted by Crippen LogP contribution is 2.19. The van der Waals surface area contributed by atoms with Crippen molar-refractivity contribution in [2.75, 3.05) is 31.6 Å². The van der Waals surface area contributed by atoms with Crippen LogP contribution in [0.15, 0.2) is 18.2 Å². The van der Waals surface area contributed by atoms with E-state index in [-0.39, 0.29) is 23.1 Å². The number of benzene rings is 1. The molecule has 0 aliphatic carbocycles. The number of anilines is 1. The Morgan fingerprint density at radius 3 is 2.72 bits per heavy atom. The first-order chi connectivity index (χ1) is 12.0. The Morgan fingerprint density at radius 2 is 2.08 bits per heavy atom. The van der Waals surface area contributed by atoms with Crippen molar-refractivity contribution in [3.63, 3.8) is 0 Å². The lowest BCUT2D eigenvalue weighted by Gasteiger charge is -2.31. The zero-order valence-corrected chi connectivity index (χ0v) is 14.9. The van der Waals surface area contributed by atoms with E-state index in [0.29, 0.717) is 51.2 Å². The van der Waals surface area contributed by atoms with Crippen molar-refractivity contribution in [3.05, 3.63) is 29.0 Å². The summed E-state index contributed by atoms with van der Waals surface area (Å²) in [6, 6.07) is 4.41. The van der Waals surface area contributed by atoms with Crippen LogP contribution in [0.1, 0.15) is 26.2 Å². The van der Waals surface area contributed by atoms with Crippen LogP contribution in [0, 0.1) is 5.82 Å². The third kappa shape index (κ3) is 6.08. The lowest BCUT2D eigenvalue weighted by molar-refractivity contribution is -0.121. The van der Waals surface area contributed by atoms with Gasteiger partial charge in [-0.25, -0.2) is 9.18 Å². The first kappa shape index (κ1) is 19.3. The van der Waals surface area contributed by atoms with Gasteiger partial charge in [0, 0.05) is 37.8 Å². The molecule has 1 saturated heterocycles. The second kappa shape index (κ2) is 9.46. The monoisotopic (exact) mass is 371 g/mol. The number of halogens is 2. The molecule has 1 aromatic rings. The normalized spacial score (nSPS) is 14.9. The van der Waals surface area contributed by atoms with Crippen LogP contribution >= 0.6 is 11.6 Å². The summed E-state index contributed by atoms with van der Waals surface area (Å²) < 4.78 is 18.0. The first-order valence-corrected chi connectivity index (χ1v) is 8.77. The number of carbonyl (C=O) groups excluding carboxylic acids is 2. The van der Waals surface area contributed by atoms with Gasteiger partial charge in [-0.15, -0.1) is 0 Å². The average molecular weight is 372 g/mol. The van der Waals surface area contributed by atoms with Crippen LogP contribution < -0.4 is 10.6 Å². The van der Waals surface area contributed by atoms with E-state index in [2.05, 4.69) is 10.6 Å². The fourth-order valence-electron chi connectivity index (χ4n) is 2.65. The molecule has 138 valence electrons. The third-order valence-electron chi connectivity index (χ3n) is 3.99. The van der Waals surface area contributed by atoms with Gasteiger partial charge in [-0.3, -0.25) is 4.79 Å². The molecule has 8 heteroatoms. The number of rotatable bonds is 6. The zero-order chi connectivity index (χ0) is 18.2. The van der Waals surface area contributed by atoms with E-state index in [1.165, 1.54) is 12.1 Å². The van der Waals surface area contributed by atoms with Gasteiger partial charge in [0.1, 0.15) is 5.82 Å². The summed E-state index contributed by atoms with van der Waals surface area (Å²) in [5, 5.41) is 6.05. The van der Waals surface area contributed by atoms with Crippen LogP contribution in [0.4, 0.5) is 14.9 Å². The summed E-state index contributed by atoms with van der Waals surface area (Å²) >= 11 is 5.71. The quantitative estimate of drug-likeness (QED) is 0.806. The van der Waals surface area contributed by atoms with Crippen LogP contribution in [0.5, 0.6) is 0 Å². The Labute approximate surface area is 151 Å². The topological polar surface area (TPSA) is 70.7 Å². The average Bonchev–Trinajstić information content (AvgIpc) is 2.59. The molecular weight excluding hydrogens is 349 g/mol. The predicted molar refractivity (Wildman–Crippen MR) is 94.3 cm³/mol. The van der Waals surface area contributed by atoms with Crippen molar-refractivity contribution in [2.45, 2.75) is 32.2 Å². The second-order valence-electron chi connectivity index (χ2n) is 5.83. The van der Waals surface area contributed by atoms with Gasteiger partial charge in [-0.2, -0.15) is 0 Å². The maximum absolute atomic E-state index is 13.1. The Morgan fingerprint density at radius 1 is 1.36 bits per heavy atom. The summed E-state index contributed by atoms with van der Waals surface area (Å²) in [6.45, 7) is 3.72. The maximum Gasteiger partial charge on any atom is 0.409 e. The number of likely N-dealkylation sites (tertiary alicyclic amines) is 1. The Bertz CT molecular complexity index is 607. The molecule has 1 aliphatic rings. The SMILES string of the molecule is CCOC(=O)N1CCC(NC(=O)CCNc2ccc(F)c(Cl)c2)CC1. The number of nitrogens with one attached hydrogen (secondary N) is 2. The van der Waals surface area contributed by atoms with E-state index in [4.69, 9.17) is 16.3 Å². The molecule has 0 saturated carbocycles. The van der Waals surface area contributed by atoms with Crippen molar-refractivity contribution in [1.82, 2.24) is 10.2 Å². The zero-order valence-electron chi connectivity index (χ0n) is 14.2. The number of carbonyl (C=O) groups is 2. The van der Waals surface area contributed by atoms with Crippen LogP contribution in [-0.2, 0) is 9.53 Å². The lowest BCUT2D eigenvalue weighted by Crippen LogP contribution is -2.46. The van der Waals surface area contributed by atoms with Crippen molar-refractivity contribution in [3.8, 4) is 0 Å². The van der Waals surface area contributed by atoms with Crippen LogP contribution in [-0.4, -0.2) is 49.2 Å². The number of ether oxygens (including phenoxy) is 1. The molecule has 0 unspecified atom stereocenters. The van der Waals surface area contributed by atoms with E-state index < -0.39 is 5.82 Å². The van der Waals surface area contributed by atoms with Crippen LogP contribution in [0.2, 0.25) is 5.02 Å². The predicted octanol–water partition coefficient (Wildman–Crippen LogP) is 3.02. The van der Waals surface area contributed by atoms with Gasteiger partial charge in [-0.1, -0.05) is 11.6 Å². The van der Waals surface area contributed by atoms with Gasteiger partial charge in [0.15, 0.2) is 0 Å². The molecule has 1 aromatic carbocycles. The van der Waals surface area contributed by atoms with Crippen molar-refractivity contribution in [1.29, 1.82) is 0 Å². The van der Waals surface area contributed by atoms with Crippen molar-refractivity contribution in [2.24, 2.45) is 0 Å². The van der Waals surface area contributed by atoms with Gasteiger partial charge in [-0.05, 0) is 38.0 Å². The molecule has 0 aromatic heterocycles. The summed E-state index contributed by atoms with van der Waals surface area (Å²) in [4.78, 5) is 25.3. The van der Waals surface area contributed by atoms with Gasteiger partial charge < -0.3 is 20.3 Å². The molecule has 0 spiro atoms. The molecule has 1 heterocycles. The van der Waals surface area contributed by atoms with Crippen LogP contribution in [0.25, 0.3) is 0 Å². The Balaban J connectivity index is 1.66. The minimum Gasteiger partial charge on any atom is -0.450 e. The van der Waals surface area contributed by atoms with E-state index in [1.807, 2.05) is 0 Å². The summed E-state index contributed by atoms with van der Waals surface area (Å²) in [7, 11) is 0. The fourth-order valence-corrected chi connectivity index (χ4v) is 2.83. The molecule has 1 aliphatic heterocycles. The number of nitrogens with zero attached hydrogens (tertiary/aromatic N) is 1. The molecule has 2 amide bonds. The molecule has 0 radical (unpaired) electrons. The minimum atomic E-state index is -0.473. The van der Waals surface area contributed by atoms with Crippen LogP contribution in [0.3, 0.4) is 0 Å². The highest BCUT2D eigenvalue weighted by molar-refractivity contribution is 6.31. The fraction of sp³-hybridized carbons (Fsp3) is 0.529. The maximum atomic E-state index is 13.1. The van der Waals surface area contributed by atoms with E-state index >= 15 is 0 Å².